The second-order valence-electron chi connectivity index (χ2n) is 16.4. The molecule has 3 fully saturated rings. The van der Waals surface area contributed by atoms with Crippen LogP contribution < -0.4 is 16.0 Å². The van der Waals surface area contributed by atoms with Crippen LogP contribution in [-0.2, 0) is 19.1 Å². The van der Waals surface area contributed by atoms with E-state index in [0.29, 0.717) is 19.0 Å². The fraction of sp³-hybridized carbons (Fsp3) is 0.488. The second-order valence-corrected chi connectivity index (χ2v) is 16.4. The molecule has 0 spiro atoms. The Morgan fingerprint density at radius 3 is 2.00 bits per heavy atom. The molecule has 3 saturated heterocycles. The number of H-pyrrole nitrogens is 2. The van der Waals surface area contributed by atoms with E-state index in [9.17, 15) is 19.2 Å². The van der Waals surface area contributed by atoms with Crippen LogP contribution in [0.2, 0.25) is 0 Å². The van der Waals surface area contributed by atoms with E-state index < -0.39 is 18.2 Å². The minimum absolute atomic E-state index is 0.110. The van der Waals surface area contributed by atoms with Crippen molar-refractivity contribution in [2.75, 3.05) is 33.9 Å². The molecule has 4 aliphatic heterocycles. The summed E-state index contributed by atoms with van der Waals surface area (Å²) in [6, 6.07) is 12.3. The molecule has 4 amide bonds. The Morgan fingerprint density at radius 2 is 1.34 bits per heavy atom. The summed E-state index contributed by atoms with van der Waals surface area (Å²) in [5.74, 6) is 1.64. The Hall–Kier alpha value is -5.70. The van der Waals surface area contributed by atoms with Gasteiger partial charge in [-0.2, -0.15) is 0 Å². The second kappa shape index (κ2) is 16.3. The number of benzene rings is 2. The topological polar surface area (TPSA) is 187 Å². The Kier molecular flexibility index (Phi) is 11.0. The first-order chi connectivity index (χ1) is 28.0. The van der Waals surface area contributed by atoms with Gasteiger partial charge in [-0.25, -0.2) is 19.6 Å². The molecule has 2 aromatic carbocycles. The number of imidazole rings is 2. The van der Waals surface area contributed by atoms with E-state index in [2.05, 4.69) is 79.0 Å². The van der Waals surface area contributed by atoms with E-state index >= 15 is 0 Å². The number of amides is 4. The number of aromatic nitrogens is 4. The molecule has 5 unspecified atom stereocenters. The average Bonchev–Trinajstić information content (AvgIpc) is 4.08. The van der Waals surface area contributed by atoms with E-state index in [1.54, 1.807) is 4.90 Å². The van der Waals surface area contributed by atoms with E-state index in [1.165, 1.54) is 30.9 Å². The molecule has 58 heavy (non-hydrogen) atoms. The van der Waals surface area contributed by atoms with Crippen LogP contribution in [0.3, 0.4) is 0 Å². The summed E-state index contributed by atoms with van der Waals surface area (Å²) < 4.78 is 9.42. The Balaban J connectivity index is 1.04. The SMILES string of the molecule is COC(=O)NCC(=O)N1CCC[C@H]1c1ncc(-c2ccc(-c3ccc(-c4cnc(C5CCCN5C(=O)C(NC(=O)OC)C(C)C)[nH]4)c4c3C3CC(C)CC4N3)cc2)[nH]1. The lowest BCUT2D eigenvalue weighted by molar-refractivity contribution is -0.135. The molecule has 306 valence electrons. The van der Waals surface area contributed by atoms with Crippen molar-refractivity contribution in [1.29, 1.82) is 0 Å². The molecule has 5 N–H and O–H groups in total. The van der Waals surface area contributed by atoms with Gasteiger partial charge in [0, 0.05) is 30.7 Å². The van der Waals surface area contributed by atoms with Gasteiger partial charge in [-0.15, -0.1) is 0 Å². The summed E-state index contributed by atoms with van der Waals surface area (Å²) in [4.78, 5) is 70.6. The van der Waals surface area contributed by atoms with Crippen molar-refractivity contribution in [2.45, 2.75) is 89.5 Å². The van der Waals surface area contributed by atoms with E-state index in [0.717, 1.165) is 78.3 Å². The first kappa shape index (κ1) is 39.1. The molecule has 15 nitrogen and oxygen atoms in total. The van der Waals surface area contributed by atoms with Crippen molar-refractivity contribution in [3.8, 4) is 33.6 Å². The zero-order valence-electron chi connectivity index (χ0n) is 33.8. The van der Waals surface area contributed by atoms with Crippen LogP contribution in [0, 0.1) is 11.8 Å². The largest absolute Gasteiger partial charge is 0.453 e. The third-order valence-electron chi connectivity index (χ3n) is 12.4. The number of nitrogens with zero attached hydrogens (tertiary/aromatic N) is 4. The molecule has 2 aromatic heterocycles. The van der Waals surface area contributed by atoms with E-state index in [4.69, 9.17) is 9.72 Å². The van der Waals surface area contributed by atoms with Crippen molar-refractivity contribution >= 4 is 24.0 Å². The lowest BCUT2D eigenvalue weighted by Crippen LogP contribution is -2.51. The third-order valence-corrected chi connectivity index (χ3v) is 12.4. The van der Waals surface area contributed by atoms with Crippen LogP contribution in [0.5, 0.6) is 0 Å². The molecule has 4 aliphatic rings. The number of hydrogen-bond donors (Lipinski definition) is 5. The smallest absolute Gasteiger partial charge is 0.407 e. The first-order valence-corrected chi connectivity index (χ1v) is 20.4. The van der Waals surface area contributed by atoms with E-state index in [1.807, 2.05) is 31.1 Å². The summed E-state index contributed by atoms with van der Waals surface area (Å²) >= 11 is 0. The van der Waals surface area contributed by atoms with Gasteiger partial charge in [-0.05, 0) is 78.2 Å². The van der Waals surface area contributed by atoms with Crippen molar-refractivity contribution in [3.63, 3.8) is 0 Å². The monoisotopic (exact) mass is 791 g/mol. The number of piperidine rings is 1. The van der Waals surface area contributed by atoms with Gasteiger partial charge in [0.25, 0.3) is 0 Å². The van der Waals surface area contributed by atoms with Crippen molar-refractivity contribution in [1.82, 2.24) is 45.7 Å². The zero-order valence-corrected chi connectivity index (χ0v) is 33.8. The predicted octanol–water partition coefficient (Wildman–Crippen LogP) is 6.31. The molecule has 15 heteroatoms. The number of carbonyl (C=O) groups is 4. The maximum absolute atomic E-state index is 13.8. The number of ether oxygens (including phenoxy) is 2. The lowest BCUT2D eigenvalue weighted by atomic mass is 9.88. The number of hydrogen-bond acceptors (Lipinski definition) is 9. The highest BCUT2D eigenvalue weighted by molar-refractivity contribution is 5.87. The van der Waals surface area contributed by atoms with Gasteiger partial charge >= 0.3 is 12.2 Å². The molecule has 0 aliphatic carbocycles. The Morgan fingerprint density at radius 1 is 0.776 bits per heavy atom. The number of likely N-dealkylation sites (tertiary alicyclic amines) is 2. The molecular weight excluding hydrogens is 739 g/mol. The van der Waals surface area contributed by atoms with Crippen LogP contribution in [0.25, 0.3) is 33.6 Å². The molecule has 6 atom stereocenters. The molecule has 4 aromatic rings. The van der Waals surface area contributed by atoms with Crippen LogP contribution in [-0.4, -0.2) is 93.6 Å². The van der Waals surface area contributed by atoms with Gasteiger partial charge in [-0.1, -0.05) is 57.2 Å². The van der Waals surface area contributed by atoms with Gasteiger partial charge in [0.15, 0.2) is 0 Å². The molecular formula is C43H53N9O6. The van der Waals surface area contributed by atoms with Crippen molar-refractivity contribution < 1.29 is 28.7 Å². The third kappa shape index (κ3) is 7.43. The highest BCUT2D eigenvalue weighted by Gasteiger charge is 2.41. The standard InChI is InChI=1S/C43H53N9O6/c1-23(2)38(50-43(56)58-5)41(54)52-17-7-9-34(52)40-45-21-32(49-40)28-15-14-27(36-29-18-24(3)19-30(47-29)37(28)36)25-10-12-26(13-11-25)31-20-44-39(48-31)33-8-6-16-51(33)35(53)22-46-42(55)57-4/h10-15,20-21,23-24,29-30,33-34,38,47H,6-9,16-19,22H2,1-5H3,(H,44,48)(H,45,49)(H,46,55)(H,50,56)/t24?,29?,30?,33-,34?,38?/m0/s1. The molecule has 6 heterocycles. The minimum atomic E-state index is -0.694. The number of methoxy groups -OCH3 is 2. The Bertz CT molecular complexity index is 2180. The lowest BCUT2D eigenvalue weighted by Gasteiger charge is -2.30. The van der Waals surface area contributed by atoms with Gasteiger partial charge in [0.2, 0.25) is 11.8 Å². The summed E-state index contributed by atoms with van der Waals surface area (Å²) in [5.41, 5.74) is 8.89. The molecule has 0 saturated carbocycles. The number of nitrogens with one attached hydrogen (secondary N) is 5. The van der Waals surface area contributed by atoms with Gasteiger partial charge < -0.3 is 45.2 Å². The van der Waals surface area contributed by atoms with Gasteiger partial charge in [0.05, 0.1) is 50.1 Å². The summed E-state index contributed by atoms with van der Waals surface area (Å²) in [5, 5.41) is 9.15. The summed E-state index contributed by atoms with van der Waals surface area (Å²) in [7, 11) is 2.57. The van der Waals surface area contributed by atoms with Crippen molar-refractivity contribution in [2.24, 2.45) is 11.8 Å². The molecule has 2 bridgehead atoms. The van der Waals surface area contributed by atoms with Gasteiger partial charge in [-0.3, -0.25) is 9.59 Å². The highest BCUT2D eigenvalue weighted by Crippen LogP contribution is 2.52. The zero-order chi connectivity index (χ0) is 40.7. The van der Waals surface area contributed by atoms with Crippen LogP contribution in [0.15, 0.2) is 48.8 Å². The quantitative estimate of drug-likeness (QED) is 0.123. The summed E-state index contributed by atoms with van der Waals surface area (Å²) in [6.07, 6.45) is 7.85. The molecule has 8 rings (SSSR count). The predicted molar refractivity (Wildman–Crippen MR) is 216 cm³/mol. The molecule has 0 radical (unpaired) electrons. The fourth-order valence-corrected chi connectivity index (χ4v) is 9.54. The fourth-order valence-electron chi connectivity index (χ4n) is 9.54. The number of carbonyl (C=O) groups excluding carboxylic acids is 4. The maximum Gasteiger partial charge on any atom is 0.407 e. The van der Waals surface area contributed by atoms with Gasteiger partial charge in [0.1, 0.15) is 24.2 Å². The Labute approximate surface area is 338 Å². The normalized spacial score (nSPS) is 22.8. The number of fused-ring (bicyclic) bond motifs is 5. The summed E-state index contributed by atoms with van der Waals surface area (Å²) in [6.45, 7) is 7.24. The van der Waals surface area contributed by atoms with Crippen LogP contribution in [0.4, 0.5) is 9.59 Å². The number of rotatable bonds is 10. The van der Waals surface area contributed by atoms with E-state index in [-0.39, 0.29) is 48.4 Å². The maximum atomic E-state index is 13.8. The number of aromatic amines is 2. The average molecular weight is 792 g/mol. The minimum Gasteiger partial charge on any atom is -0.453 e. The first-order valence-electron chi connectivity index (χ1n) is 20.4. The highest BCUT2D eigenvalue weighted by atomic mass is 16.5. The van der Waals surface area contributed by atoms with Crippen LogP contribution >= 0.6 is 0 Å². The number of alkyl carbamates (subject to hydrolysis) is 2. The van der Waals surface area contributed by atoms with Crippen molar-refractivity contribution in [3.05, 3.63) is 71.6 Å². The van der Waals surface area contributed by atoms with Crippen LogP contribution in [0.1, 0.15) is 106 Å².